The van der Waals surface area contributed by atoms with Crippen LogP contribution in [0.3, 0.4) is 0 Å². The standard InChI is InChI=1S/C44H37F2N9O3/c1-23(2)29-21-50-40(54-41(29)51-34-8-6-7-33-28(34)15-17-47-33)26-11-14-32(46)36(19-26)55-22-31(38(56)44(57)58-5)37-35(16-18-48-43(37)55)52-42-30(24(3)4)20-49-39(53-42)25-9-12-27(45)13-10-25/h6-24,47H,1-5H3,(H,50,51,54)(H,48,49,52,53). The summed E-state index contributed by atoms with van der Waals surface area (Å²) in [5.41, 5.74) is 5.02. The molecule has 0 radical (unpaired) electrons. The minimum Gasteiger partial charge on any atom is -0.463 e. The number of hydrogen-bond acceptors (Lipinski definition) is 10. The van der Waals surface area contributed by atoms with E-state index in [9.17, 15) is 14.0 Å². The Hall–Kier alpha value is -7.35. The van der Waals surface area contributed by atoms with Gasteiger partial charge in [0.25, 0.3) is 5.78 Å². The Labute approximate surface area is 331 Å². The molecule has 3 N–H and O–H groups in total. The number of aromatic nitrogens is 7. The monoisotopic (exact) mass is 777 g/mol. The molecule has 0 aliphatic heterocycles. The number of hydrogen-bond donors (Lipinski definition) is 3. The van der Waals surface area contributed by atoms with E-state index in [-0.39, 0.29) is 34.1 Å². The highest BCUT2D eigenvalue weighted by Crippen LogP contribution is 2.37. The Morgan fingerprint density at radius 3 is 2.10 bits per heavy atom. The zero-order valence-corrected chi connectivity index (χ0v) is 32.1. The van der Waals surface area contributed by atoms with Crippen LogP contribution in [0.15, 0.2) is 104 Å². The molecular formula is C44H37F2N9O3. The van der Waals surface area contributed by atoms with Crippen molar-refractivity contribution in [1.29, 1.82) is 0 Å². The Morgan fingerprint density at radius 2 is 1.43 bits per heavy atom. The fourth-order valence-electron chi connectivity index (χ4n) is 6.81. The summed E-state index contributed by atoms with van der Waals surface area (Å²) >= 11 is 0. The Kier molecular flexibility index (Phi) is 9.91. The van der Waals surface area contributed by atoms with Crippen molar-refractivity contribution in [2.24, 2.45) is 0 Å². The van der Waals surface area contributed by atoms with Gasteiger partial charge in [-0.05, 0) is 78.6 Å². The number of Topliss-reactive ketones (excluding diaryl/α,β-unsaturated/α-hetero) is 1. The predicted octanol–water partition coefficient (Wildman–Crippen LogP) is 9.79. The molecule has 58 heavy (non-hydrogen) atoms. The van der Waals surface area contributed by atoms with Crippen LogP contribution in [0.4, 0.5) is 31.8 Å². The SMILES string of the molecule is COC(=O)C(=O)c1cn(-c2cc(-c3ncc(C(C)C)c(Nc4cccc5[nH]ccc45)n3)ccc2F)c2nccc(Nc3nc(-c4ccc(F)cc4)ncc3C(C)C)c12. The van der Waals surface area contributed by atoms with Gasteiger partial charge in [-0.1, -0.05) is 33.8 Å². The van der Waals surface area contributed by atoms with Gasteiger partial charge in [0, 0.05) is 69.8 Å². The van der Waals surface area contributed by atoms with Crippen LogP contribution >= 0.6 is 0 Å². The summed E-state index contributed by atoms with van der Waals surface area (Å²) in [4.78, 5) is 53.1. The number of nitrogens with one attached hydrogen (secondary N) is 3. The molecule has 8 aromatic rings. The Bertz CT molecular complexity index is 2870. The molecule has 12 nitrogen and oxygen atoms in total. The molecule has 8 rings (SSSR count). The average Bonchev–Trinajstić information content (AvgIpc) is 3.87. The third-order valence-electron chi connectivity index (χ3n) is 9.85. The van der Waals surface area contributed by atoms with Gasteiger partial charge in [-0.15, -0.1) is 0 Å². The van der Waals surface area contributed by atoms with Gasteiger partial charge in [-0.25, -0.2) is 38.5 Å². The second-order valence-electron chi connectivity index (χ2n) is 14.3. The van der Waals surface area contributed by atoms with E-state index in [0.29, 0.717) is 40.1 Å². The van der Waals surface area contributed by atoms with Crippen LogP contribution in [-0.4, -0.2) is 53.3 Å². The molecule has 5 heterocycles. The van der Waals surface area contributed by atoms with Crippen LogP contribution in [0.2, 0.25) is 0 Å². The van der Waals surface area contributed by atoms with E-state index in [1.54, 1.807) is 42.7 Å². The molecule has 0 aliphatic carbocycles. The number of carbonyl (C=O) groups is 2. The van der Waals surface area contributed by atoms with Crippen molar-refractivity contribution in [2.75, 3.05) is 17.7 Å². The maximum atomic E-state index is 16.1. The van der Waals surface area contributed by atoms with E-state index < -0.39 is 23.4 Å². The molecule has 14 heteroatoms. The minimum absolute atomic E-state index is 0.0303. The van der Waals surface area contributed by atoms with Crippen LogP contribution in [0.5, 0.6) is 0 Å². The van der Waals surface area contributed by atoms with E-state index in [2.05, 4.69) is 44.4 Å². The second kappa shape index (κ2) is 15.3. The van der Waals surface area contributed by atoms with E-state index >= 15 is 4.39 Å². The van der Waals surface area contributed by atoms with Gasteiger partial charge < -0.3 is 20.4 Å². The molecule has 3 aromatic carbocycles. The molecular weight excluding hydrogens is 741 g/mol. The highest BCUT2D eigenvalue weighted by atomic mass is 19.1. The number of H-pyrrole nitrogens is 1. The number of halogens is 2. The predicted molar refractivity (Wildman–Crippen MR) is 219 cm³/mol. The molecule has 0 aliphatic rings. The lowest BCUT2D eigenvalue weighted by Gasteiger charge is -2.16. The largest absolute Gasteiger partial charge is 0.463 e. The lowest BCUT2D eigenvalue weighted by atomic mass is 10.0. The van der Waals surface area contributed by atoms with E-state index in [1.165, 1.54) is 35.2 Å². The van der Waals surface area contributed by atoms with Crippen molar-refractivity contribution in [2.45, 2.75) is 39.5 Å². The molecule has 5 aromatic heterocycles. The summed E-state index contributed by atoms with van der Waals surface area (Å²) < 4.78 is 36.1. The number of pyridine rings is 1. The lowest BCUT2D eigenvalue weighted by molar-refractivity contribution is -0.135. The number of methoxy groups -OCH3 is 1. The van der Waals surface area contributed by atoms with Gasteiger partial charge in [-0.3, -0.25) is 9.36 Å². The highest BCUT2D eigenvalue weighted by Gasteiger charge is 2.27. The number of ketones is 1. The minimum atomic E-state index is -1.11. The van der Waals surface area contributed by atoms with Crippen molar-refractivity contribution in [3.8, 4) is 28.5 Å². The van der Waals surface area contributed by atoms with Crippen LogP contribution in [0.1, 0.15) is 61.0 Å². The first-order valence-electron chi connectivity index (χ1n) is 18.5. The fourth-order valence-corrected chi connectivity index (χ4v) is 6.81. The van der Waals surface area contributed by atoms with Gasteiger partial charge in [0.15, 0.2) is 11.6 Å². The molecule has 0 atom stereocenters. The van der Waals surface area contributed by atoms with Gasteiger partial charge in [0.1, 0.15) is 28.9 Å². The third-order valence-corrected chi connectivity index (χ3v) is 9.85. The molecule has 0 bridgehead atoms. The normalized spacial score (nSPS) is 11.5. The van der Waals surface area contributed by atoms with Crippen LogP contribution < -0.4 is 10.6 Å². The maximum absolute atomic E-state index is 16.1. The van der Waals surface area contributed by atoms with Crippen LogP contribution in [-0.2, 0) is 9.53 Å². The maximum Gasteiger partial charge on any atom is 0.379 e. The smallest absolute Gasteiger partial charge is 0.379 e. The molecule has 290 valence electrons. The second-order valence-corrected chi connectivity index (χ2v) is 14.3. The number of esters is 1. The van der Waals surface area contributed by atoms with Crippen molar-refractivity contribution >= 4 is 56.7 Å². The van der Waals surface area contributed by atoms with Crippen LogP contribution in [0.25, 0.3) is 50.4 Å². The van der Waals surface area contributed by atoms with Gasteiger partial charge in [0.2, 0.25) is 0 Å². The van der Waals surface area contributed by atoms with E-state index in [4.69, 9.17) is 14.7 Å². The van der Waals surface area contributed by atoms with Crippen molar-refractivity contribution in [1.82, 2.24) is 34.5 Å². The third kappa shape index (κ3) is 7.00. The number of nitrogens with zero attached hydrogens (tertiary/aromatic N) is 6. The van der Waals surface area contributed by atoms with Gasteiger partial charge in [-0.2, -0.15) is 0 Å². The lowest BCUT2D eigenvalue weighted by Crippen LogP contribution is -2.15. The topological polar surface area (TPSA) is 153 Å². The molecule has 0 unspecified atom stereocenters. The van der Waals surface area contributed by atoms with Gasteiger partial charge >= 0.3 is 5.97 Å². The fraction of sp³-hybridized carbons (Fsp3) is 0.159. The number of anilines is 4. The molecule has 0 spiro atoms. The van der Waals surface area contributed by atoms with Gasteiger partial charge in [0.05, 0.1) is 29.4 Å². The summed E-state index contributed by atoms with van der Waals surface area (Å²) in [7, 11) is 1.11. The summed E-state index contributed by atoms with van der Waals surface area (Å²) in [6.07, 6.45) is 8.18. The number of aromatic amines is 1. The summed E-state index contributed by atoms with van der Waals surface area (Å²) in [5, 5.41) is 8.04. The van der Waals surface area contributed by atoms with Crippen molar-refractivity contribution in [3.05, 3.63) is 132 Å². The highest BCUT2D eigenvalue weighted by molar-refractivity contribution is 6.43. The number of fused-ring (bicyclic) bond motifs is 2. The van der Waals surface area contributed by atoms with E-state index in [1.807, 2.05) is 44.3 Å². The van der Waals surface area contributed by atoms with E-state index in [0.717, 1.165) is 34.8 Å². The van der Waals surface area contributed by atoms with Crippen molar-refractivity contribution < 1.29 is 23.1 Å². The Balaban J connectivity index is 1.25. The molecule has 0 saturated heterocycles. The first kappa shape index (κ1) is 37.6. The number of ether oxygens (including phenoxy) is 1. The summed E-state index contributed by atoms with van der Waals surface area (Å²) in [5.74, 6) is -1.36. The zero-order valence-electron chi connectivity index (χ0n) is 32.1. The molecule has 0 saturated carbocycles. The Morgan fingerprint density at radius 1 is 0.776 bits per heavy atom. The van der Waals surface area contributed by atoms with Crippen molar-refractivity contribution in [3.63, 3.8) is 0 Å². The summed E-state index contributed by atoms with van der Waals surface area (Å²) in [6, 6.07) is 19.8. The number of benzene rings is 3. The first-order valence-corrected chi connectivity index (χ1v) is 18.5. The number of carbonyl (C=O) groups excluding carboxylic acids is 2. The van der Waals surface area contributed by atoms with Crippen LogP contribution in [0, 0.1) is 11.6 Å². The average molecular weight is 778 g/mol. The zero-order chi connectivity index (χ0) is 40.7. The number of rotatable bonds is 11. The molecule has 0 amide bonds. The molecule has 0 fully saturated rings. The summed E-state index contributed by atoms with van der Waals surface area (Å²) in [6.45, 7) is 8.05. The quantitative estimate of drug-likeness (QED) is 0.0657. The first-order chi connectivity index (χ1) is 28.0.